The van der Waals surface area contributed by atoms with E-state index in [1.807, 2.05) is 12.1 Å². The minimum absolute atomic E-state index is 0.0871. The van der Waals surface area contributed by atoms with Gasteiger partial charge >= 0.3 is 11.7 Å². The average Bonchev–Trinajstić information content (AvgIpc) is 2.84. The molecule has 136 valence electrons. The molecule has 1 aliphatic heterocycles. The number of carbonyl (C=O) groups is 1. The van der Waals surface area contributed by atoms with E-state index in [9.17, 15) is 9.59 Å². The number of aromatic nitrogens is 2. The van der Waals surface area contributed by atoms with Crippen molar-refractivity contribution in [3.05, 3.63) is 28.7 Å². The first kappa shape index (κ1) is 17.5. The van der Waals surface area contributed by atoms with Gasteiger partial charge in [0, 0.05) is 45.5 Å². The van der Waals surface area contributed by atoms with Gasteiger partial charge in [0.25, 0.3) is 0 Å². The summed E-state index contributed by atoms with van der Waals surface area (Å²) in [6.07, 6.45) is 0. The molecule has 0 radical (unpaired) electrons. The number of imidazole rings is 1. The number of hydrogen-bond acceptors (Lipinski definition) is 4. The van der Waals surface area contributed by atoms with Crippen molar-refractivity contribution in [1.29, 1.82) is 0 Å². The molecule has 1 fully saturated rings. The standard InChI is InChI=1S/C17H25N5O3/c1-12(22-6-8-25-9-7-22)11-18-16(23)19-13-4-5-14-15(10-13)21(3)17(24)20(14)2/h4-5,10,12H,6-9,11H2,1-3H3,(H2,18,19,23). The second kappa shape index (κ2) is 7.28. The highest BCUT2D eigenvalue weighted by molar-refractivity contribution is 5.92. The van der Waals surface area contributed by atoms with Crippen molar-refractivity contribution in [2.24, 2.45) is 14.1 Å². The molecule has 0 aliphatic carbocycles. The van der Waals surface area contributed by atoms with E-state index in [4.69, 9.17) is 4.74 Å². The van der Waals surface area contributed by atoms with Crippen LogP contribution in [-0.2, 0) is 18.8 Å². The number of hydrogen-bond donors (Lipinski definition) is 2. The van der Waals surface area contributed by atoms with Crippen molar-refractivity contribution < 1.29 is 9.53 Å². The molecular weight excluding hydrogens is 322 g/mol. The normalized spacial score (nSPS) is 16.8. The minimum Gasteiger partial charge on any atom is -0.379 e. The summed E-state index contributed by atoms with van der Waals surface area (Å²) in [6.45, 7) is 5.93. The third-order valence-corrected chi connectivity index (χ3v) is 4.76. The molecule has 1 aliphatic rings. The predicted octanol–water partition coefficient (Wildman–Crippen LogP) is 0.719. The zero-order valence-corrected chi connectivity index (χ0v) is 14.9. The topological polar surface area (TPSA) is 80.5 Å². The molecule has 1 aromatic heterocycles. The van der Waals surface area contributed by atoms with Crippen LogP contribution in [0.5, 0.6) is 0 Å². The Morgan fingerprint density at radius 3 is 2.60 bits per heavy atom. The number of morpholine rings is 1. The van der Waals surface area contributed by atoms with Crippen LogP contribution >= 0.6 is 0 Å². The summed E-state index contributed by atoms with van der Waals surface area (Å²) >= 11 is 0. The Balaban J connectivity index is 1.60. The Morgan fingerprint density at radius 2 is 1.88 bits per heavy atom. The van der Waals surface area contributed by atoms with Gasteiger partial charge in [-0.3, -0.25) is 14.0 Å². The molecule has 2 N–H and O–H groups in total. The van der Waals surface area contributed by atoms with Crippen LogP contribution in [0.15, 0.2) is 23.0 Å². The predicted molar refractivity (Wildman–Crippen MR) is 97.0 cm³/mol. The van der Waals surface area contributed by atoms with Crippen LogP contribution in [0.2, 0.25) is 0 Å². The summed E-state index contributed by atoms with van der Waals surface area (Å²) in [6, 6.07) is 5.45. The number of fused-ring (bicyclic) bond motifs is 1. The fourth-order valence-electron chi connectivity index (χ4n) is 3.15. The highest BCUT2D eigenvalue weighted by Crippen LogP contribution is 2.17. The molecule has 2 amide bonds. The first-order chi connectivity index (χ1) is 12.0. The molecule has 0 bridgehead atoms. The zero-order chi connectivity index (χ0) is 18.0. The lowest BCUT2D eigenvalue weighted by Gasteiger charge is -2.32. The van der Waals surface area contributed by atoms with E-state index < -0.39 is 0 Å². The number of aryl methyl sites for hydroxylation is 2. The molecule has 25 heavy (non-hydrogen) atoms. The maximum atomic E-state index is 12.2. The largest absolute Gasteiger partial charge is 0.379 e. The van der Waals surface area contributed by atoms with Crippen LogP contribution in [0.1, 0.15) is 6.92 Å². The second-order valence-corrected chi connectivity index (χ2v) is 6.44. The molecular formula is C17H25N5O3. The molecule has 8 nitrogen and oxygen atoms in total. The lowest BCUT2D eigenvalue weighted by Crippen LogP contribution is -2.47. The molecule has 8 heteroatoms. The third-order valence-electron chi connectivity index (χ3n) is 4.76. The smallest absolute Gasteiger partial charge is 0.328 e. The lowest BCUT2D eigenvalue weighted by molar-refractivity contribution is 0.0209. The fraction of sp³-hybridized carbons (Fsp3) is 0.529. The van der Waals surface area contributed by atoms with E-state index in [-0.39, 0.29) is 17.8 Å². The Morgan fingerprint density at radius 1 is 1.20 bits per heavy atom. The molecule has 0 spiro atoms. The monoisotopic (exact) mass is 347 g/mol. The Bertz CT molecular complexity index is 820. The van der Waals surface area contributed by atoms with Crippen molar-refractivity contribution in [1.82, 2.24) is 19.4 Å². The van der Waals surface area contributed by atoms with Crippen LogP contribution in [0.25, 0.3) is 11.0 Å². The van der Waals surface area contributed by atoms with Crippen molar-refractivity contribution in [2.75, 3.05) is 38.2 Å². The van der Waals surface area contributed by atoms with E-state index in [2.05, 4.69) is 22.5 Å². The molecule has 2 heterocycles. The van der Waals surface area contributed by atoms with E-state index >= 15 is 0 Å². The summed E-state index contributed by atoms with van der Waals surface area (Å²) in [5, 5.41) is 5.73. The van der Waals surface area contributed by atoms with Crippen LogP contribution in [0, 0.1) is 0 Å². The maximum absolute atomic E-state index is 12.2. The summed E-state index contributed by atoms with van der Waals surface area (Å²) in [4.78, 5) is 26.4. The van der Waals surface area contributed by atoms with Gasteiger partial charge in [0.1, 0.15) is 0 Å². The maximum Gasteiger partial charge on any atom is 0.328 e. The number of amides is 2. The second-order valence-electron chi connectivity index (χ2n) is 6.44. The summed E-state index contributed by atoms with van der Waals surface area (Å²) in [7, 11) is 3.45. The molecule has 0 saturated carbocycles. The van der Waals surface area contributed by atoms with E-state index in [1.54, 1.807) is 29.3 Å². The van der Waals surface area contributed by atoms with Crippen molar-refractivity contribution in [2.45, 2.75) is 13.0 Å². The summed E-state index contributed by atoms with van der Waals surface area (Å²) in [5.41, 5.74) is 2.19. The number of benzene rings is 1. The first-order valence-corrected chi connectivity index (χ1v) is 8.49. The Labute approximate surface area is 146 Å². The van der Waals surface area contributed by atoms with Gasteiger partial charge in [0.05, 0.1) is 24.2 Å². The van der Waals surface area contributed by atoms with Crippen molar-refractivity contribution >= 4 is 22.8 Å². The van der Waals surface area contributed by atoms with E-state index in [0.717, 1.165) is 37.3 Å². The van der Waals surface area contributed by atoms with Crippen LogP contribution in [0.3, 0.4) is 0 Å². The first-order valence-electron chi connectivity index (χ1n) is 8.49. The zero-order valence-electron chi connectivity index (χ0n) is 14.9. The Kier molecular flexibility index (Phi) is 5.10. The number of carbonyl (C=O) groups excluding carboxylic acids is 1. The number of ether oxygens (including phenoxy) is 1. The van der Waals surface area contributed by atoms with Gasteiger partial charge < -0.3 is 15.4 Å². The molecule has 3 rings (SSSR count). The lowest BCUT2D eigenvalue weighted by atomic mass is 10.2. The number of urea groups is 1. The van der Waals surface area contributed by atoms with E-state index in [1.165, 1.54) is 0 Å². The van der Waals surface area contributed by atoms with Gasteiger partial charge in [0.15, 0.2) is 0 Å². The quantitative estimate of drug-likeness (QED) is 0.854. The fourth-order valence-corrected chi connectivity index (χ4v) is 3.15. The highest BCUT2D eigenvalue weighted by Gasteiger charge is 2.17. The molecule has 2 aromatic rings. The van der Waals surface area contributed by atoms with Gasteiger partial charge in [-0.25, -0.2) is 9.59 Å². The molecule has 1 atom stereocenters. The van der Waals surface area contributed by atoms with Gasteiger partial charge in [-0.1, -0.05) is 0 Å². The highest BCUT2D eigenvalue weighted by atomic mass is 16.5. The van der Waals surface area contributed by atoms with E-state index in [0.29, 0.717) is 12.2 Å². The summed E-state index contributed by atoms with van der Waals surface area (Å²) in [5.74, 6) is 0. The van der Waals surface area contributed by atoms with Gasteiger partial charge in [0.2, 0.25) is 0 Å². The third kappa shape index (κ3) is 3.69. The number of nitrogens with one attached hydrogen (secondary N) is 2. The summed E-state index contributed by atoms with van der Waals surface area (Å²) < 4.78 is 8.50. The van der Waals surface area contributed by atoms with Crippen LogP contribution in [-0.4, -0.2) is 59.0 Å². The average molecular weight is 347 g/mol. The van der Waals surface area contributed by atoms with Crippen molar-refractivity contribution in [3.63, 3.8) is 0 Å². The number of anilines is 1. The number of nitrogens with zero attached hydrogens (tertiary/aromatic N) is 3. The van der Waals surface area contributed by atoms with Gasteiger partial charge in [-0.2, -0.15) is 0 Å². The van der Waals surface area contributed by atoms with Gasteiger partial charge in [-0.05, 0) is 25.1 Å². The number of rotatable bonds is 4. The SMILES string of the molecule is CC(CNC(=O)Nc1ccc2c(c1)n(C)c(=O)n2C)N1CCOCC1. The van der Waals surface area contributed by atoms with Crippen LogP contribution in [0.4, 0.5) is 10.5 Å². The van der Waals surface area contributed by atoms with Crippen molar-refractivity contribution in [3.8, 4) is 0 Å². The minimum atomic E-state index is -0.250. The Hall–Kier alpha value is -2.32. The molecule has 1 aromatic carbocycles. The molecule has 1 saturated heterocycles. The molecule has 1 unspecified atom stereocenters. The van der Waals surface area contributed by atoms with Crippen LogP contribution < -0.4 is 16.3 Å². The van der Waals surface area contributed by atoms with Gasteiger partial charge in [-0.15, -0.1) is 0 Å².